The van der Waals surface area contributed by atoms with Crippen LogP contribution in [0.3, 0.4) is 0 Å². The summed E-state index contributed by atoms with van der Waals surface area (Å²) in [6.45, 7) is 0.981. The van der Waals surface area contributed by atoms with Crippen molar-refractivity contribution in [2.45, 2.75) is 38.6 Å². The molecule has 1 aliphatic heterocycles. The van der Waals surface area contributed by atoms with Crippen molar-refractivity contribution >= 4 is 35.2 Å². The number of ether oxygens (including phenoxy) is 1. The van der Waals surface area contributed by atoms with Crippen LogP contribution in [0.5, 0.6) is 5.75 Å². The van der Waals surface area contributed by atoms with Crippen molar-refractivity contribution in [1.29, 1.82) is 0 Å². The first-order valence-electron chi connectivity index (χ1n) is 10.2. The van der Waals surface area contributed by atoms with Crippen molar-refractivity contribution in [3.05, 3.63) is 63.5 Å². The van der Waals surface area contributed by atoms with E-state index in [1.165, 1.54) is 0 Å². The number of halogens is 2. The molecule has 32 heavy (non-hydrogen) atoms. The highest BCUT2D eigenvalue weighted by Gasteiger charge is 2.32. The van der Waals surface area contributed by atoms with Crippen molar-refractivity contribution < 1.29 is 9.53 Å². The standard InChI is InChI=1S/C22H20Cl2N6O2/c23-16-8-17(24)19(32-11-13-3-1-2-6-26-13)7-14(16)20-15-9-30(22(31)27-12-4-5-12)10-18(15)28-21(25)29-20/h1-3,6-8,12H,4-5,9-11H2,(H,27,31)(H2,25,28,29). The summed E-state index contributed by atoms with van der Waals surface area (Å²) < 4.78 is 5.90. The van der Waals surface area contributed by atoms with Crippen LogP contribution in [-0.4, -0.2) is 31.9 Å². The Balaban J connectivity index is 1.45. The van der Waals surface area contributed by atoms with E-state index in [9.17, 15) is 4.79 Å². The number of hydrogen-bond acceptors (Lipinski definition) is 6. The zero-order chi connectivity index (χ0) is 22.2. The van der Waals surface area contributed by atoms with Crippen LogP contribution in [0.25, 0.3) is 11.3 Å². The predicted molar refractivity (Wildman–Crippen MR) is 121 cm³/mol. The zero-order valence-corrected chi connectivity index (χ0v) is 18.5. The van der Waals surface area contributed by atoms with Crippen molar-refractivity contribution in [2.75, 3.05) is 5.73 Å². The van der Waals surface area contributed by atoms with E-state index in [0.717, 1.165) is 24.1 Å². The number of benzene rings is 1. The van der Waals surface area contributed by atoms with E-state index in [4.69, 9.17) is 33.7 Å². The number of pyridine rings is 1. The molecule has 0 unspecified atom stereocenters. The van der Waals surface area contributed by atoms with E-state index in [1.807, 2.05) is 18.2 Å². The van der Waals surface area contributed by atoms with Crippen LogP contribution in [0.4, 0.5) is 10.7 Å². The molecule has 0 spiro atoms. The second kappa shape index (κ2) is 8.44. The van der Waals surface area contributed by atoms with Gasteiger partial charge in [-0.1, -0.05) is 29.3 Å². The molecule has 1 fully saturated rings. The van der Waals surface area contributed by atoms with Gasteiger partial charge in [0.05, 0.1) is 40.2 Å². The van der Waals surface area contributed by atoms with Gasteiger partial charge in [-0.05, 0) is 37.1 Å². The predicted octanol–water partition coefficient (Wildman–Crippen LogP) is 4.19. The molecule has 1 aliphatic carbocycles. The van der Waals surface area contributed by atoms with Crippen LogP contribution < -0.4 is 15.8 Å². The molecular weight excluding hydrogens is 451 g/mol. The van der Waals surface area contributed by atoms with Crippen molar-refractivity contribution in [3.8, 4) is 17.0 Å². The molecule has 0 radical (unpaired) electrons. The normalized spacial score (nSPS) is 14.9. The van der Waals surface area contributed by atoms with Crippen LogP contribution in [0.15, 0.2) is 36.5 Å². The molecule has 164 valence electrons. The SMILES string of the molecule is Nc1nc2c(c(-c3cc(OCc4ccccn4)c(Cl)cc3Cl)n1)CN(C(=O)NC1CC1)C2. The van der Waals surface area contributed by atoms with E-state index in [0.29, 0.717) is 45.8 Å². The second-order valence-electron chi connectivity index (χ2n) is 7.81. The van der Waals surface area contributed by atoms with Gasteiger partial charge in [-0.3, -0.25) is 4.98 Å². The molecule has 8 nitrogen and oxygen atoms in total. The van der Waals surface area contributed by atoms with Gasteiger partial charge in [0.25, 0.3) is 0 Å². The number of carbonyl (C=O) groups excluding carboxylic acids is 1. The van der Waals surface area contributed by atoms with Crippen LogP contribution in [-0.2, 0) is 19.7 Å². The number of nitrogen functional groups attached to an aromatic ring is 1. The van der Waals surface area contributed by atoms with Crippen molar-refractivity contribution in [1.82, 2.24) is 25.2 Å². The molecule has 1 saturated carbocycles. The maximum absolute atomic E-state index is 12.5. The molecule has 0 saturated heterocycles. The largest absolute Gasteiger partial charge is 0.486 e. The first kappa shape index (κ1) is 20.8. The zero-order valence-electron chi connectivity index (χ0n) is 17.0. The average Bonchev–Trinajstić information content (AvgIpc) is 3.48. The van der Waals surface area contributed by atoms with E-state index < -0.39 is 0 Å². The minimum atomic E-state index is -0.114. The summed E-state index contributed by atoms with van der Waals surface area (Å²) in [5.41, 5.74) is 9.45. The Morgan fingerprint density at radius 2 is 2.03 bits per heavy atom. The molecule has 1 aromatic carbocycles. The molecule has 3 aromatic rings. The first-order chi connectivity index (χ1) is 15.5. The minimum Gasteiger partial charge on any atom is -0.486 e. The smallest absolute Gasteiger partial charge is 0.318 e. The number of hydrogen-bond donors (Lipinski definition) is 2. The number of nitrogens with one attached hydrogen (secondary N) is 1. The van der Waals surface area contributed by atoms with Crippen LogP contribution in [0, 0.1) is 0 Å². The Morgan fingerprint density at radius 3 is 2.78 bits per heavy atom. The molecule has 2 amide bonds. The molecule has 2 aliphatic rings. The molecule has 5 rings (SSSR count). The fourth-order valence-electron chi connectivity index (χ4n) is 3.59. The van der Waals surface area contributed by atoms with Gasteiger partial charge < -0.3 is 20.7 Å². The van der Waals surface area contributed by atoms with Gasteiger partial charge in [0.2, 0.25) is 5.95 Å². The fourth-order valence-corrected chi connectivity index (χ4v) is 4.12. The number of fused-ring (bicyclic) bond motifs is 1. The number of rotatable bonds is 5. The third-order valence-electron chi connectivity index (χ3n) is 5.37. The van der Waals surface area contributed by atoms with E-state index >= 15 is 0 Å². The second-order valence-corrected chi connectivity index (χ2v) is 8.62. The number of nitrogens with zero attached hydrogens (tertiary/aromatic N) is 4. The third-order valence-corrected chi connectivity index (χ3v) is 5.98. The Morgan fingerprint density at radius 1 is 1.19 bits per heavy atom. The van der Waals surface area contributed by atoms with E-state index in [-0.39, 0.29) is 24.6 Å². The van der Waals surface area contributed by atoms with Gasteiger partial charge in [-0.15, -0.1) is 0 Å². The van der Waals surface area contributed by atoms with Gasteiger partial charge in [0.15, 0.2) is 0 Å². The topological polar surface area (TPSA) is 106 Å². The molecule has 2 aromatic heterocycles. The Labute approximate surface area is 194 Å². The summed E-state index contributed by atoms with van der Waals surface area (Å²) >= 11 is 12.9. The Bertz CT molecular complexity index is 1190. The molecular formula is C22H20Cl2N6O2. The van der Waals surface area contributed by atoms with Crippen LogP contribution >= 0.6 is 23.2 Å². The number of nitrogens with two attached hydrogens (primary N) is 1. The van der Waals surface area contributed by atoms with Gasteiger partial charge in [-0.2, -0.15) is 0 Å². The Hall–Kier alpha value is -3.10. The number of amides is 2. The van der Waals surface area contributed by atoms with Gasteiger partial charge >= 0.3 is 6.03 Å². The molecule has 0 atom stereocenters. The number of aromatic nitrogens is 3. The lowest BCUT2D eigenvalue weighted by atomic mass is 10.1. The molecule has 3 N–H and O–H groups in total. The summed E-state index contributed by atoms with van der Waals surface area (Å²) in [4.78, 5) is 27.3. The first-order valence-corrected chi connectivity index (χ1v) is 11.0. The fraction of sp³-hybridized carbons (Fsp3) is 0.273. The summed E-state index contributed by atoms with van der Waals surface area (Å²) in [5.74, 6) is 0.564. The lowest BCUT2D eigenvalue weighted by Gasteiger charge is -2.16. The van der Waals surface area contributed by atoms with Crippen molar-refractivity contribution in [3.63, 3.8) is 0 Å². The van der Waals surface area contributed by atoms with Crippen LogP contribution in [0.2, 0.25) is 10.0 Å². The minimum absolute atomic E-state index is 0.114. The third kappa shape index (κ3) is 4.28. The highest BCUT2D eigenvalue weighted by Crippen LogP contribution is 2.40. The monoisotopic (exact) mass is 470 g/mol. The van der Waals surface area contributed by atoms with Gasteiger partial charge in [-0.25, -0.2) is 14.8 Å². The highest BCUT2D eigenvalue weighted by atomic mass is 35.5. The highest BCUT2D eigenvalue weighted by molar-refractivity contribution is 6.37. The van der Waals surface area contributed by atoms with Crippen molar-refractivity contribution in [2.24, 2.45) is 0 Å². The summed E-state index contributed by atoms with van der Waals surface area (Å²) in [5, 5.41) is 3.78. The van der Waals surface area contributed by atoms with E-state index in [1.54, 1.807) is 23.2 Å². The molecule has 0 bridgehead atoms. The number of carbonyl (C=O) groups is 1. The van der Waals surface area contributed by atoms with Gasteiger partial charge in [0.1, 0.15) is 12.4 Å². The lowest BCUT2D eigenvalue weighted by molar-refractivity contribution is 0.197. The maximum Gasteiger partial charge on any atom is 0.318 e. The van der Waals surface area contributed by atoms with Crippen LogP contribution in [0.1, 0.15) is 29.8 Å². The quantitative estimate of drug-likeness (QED) is 0.578. The lowest BCUT2D eigenvalue weighted by Crippen LogP contribution is -2.37. The van der Waals surface area contributed by atoms with Gasteiger partial charge in [0, 0.05) is 23.4 Å². The summed E-state index contributed by atoms with van der Waals surface area (Å²) in [6.07, 6.45) is 3.74. The summed E-state index contributed by atoms with van der Waals surface area (Å²) in [6, 6.07) is 9.10. The van der Waals surface area contributed by atoms with E-state index in [2.05, 4.69) is 20.3 Å². The average molecular weight is 471 g/mol. The molecule has 10 heteroatoms. The maximum atomic E-state index is 12.5. The Kier molecular flexibility index (Phi) is 5.48. The number of urea groups is 1. The molecule has 3 heterocycles. The number of anilines is 1. The summed E-state index contributed by atoms with van der Waals surface area (Å²) in [7, 11) is 0.